The van der Waals surface area contributed by atoms with Gasteiger partial charge in [-0.15, -0.1) is 5.10 Å². The molecule has 1 aromatic heterocycles. The molecule has 0 saturated carbocycles. The molecular weight excluding hydrogens is 386 g/mol. The van der Waals surface area contributed by atoms with E-state index in [1.807, 2.05) is 30.3 Å². The van der Waals surface area contributed by atoms with Crippen LogP contribution in [-0.2, 0) is 14.8 Å². The fourth-order valence-electron chi connectivity index (χ4n) is 2.23. The zero-order chi connectivity index (χ0) is 19.4. The number of aromatic amines is 1. The molecule has 4 N–H and O–H groups in total. The molecule has 140 valence electrons. The van der Waals surface area contributed by atoms with Gasteiger partial charge in [0.1, 0.15) is 0 Å². The zero-order valence-corrected chi connectivity index (χ0v) is 15.9. The summed E-state index contributed by atoms with van der Waals surface area (Å²) in [5.41, 5.74) is 1.24. The number of carbonyl (C=O) groups excluding carboxylic acids is 1. The third-order valence-electron chi connectivity index (χ3n) is 3.59. The molecule has 0 aliphatic rings. The lowest BCUT2D eigenvalue weighted by atomic mass is 10.2. The molecule has 3 rings (SSSR count). The number of rotatable bonds is 6. The summed E-state index contributed by atoms with van der Waals surface area (Å²) in [5, 5.41) is 14.7. The summed E-state index contributed by atoms with van der Waals surface area (Å²) in [6, 6.07) is 15.3. The van der Waals surface area contributed by atoms with Crippen molar-refractivity contribution in [3.63, 3.8) is 0 Å². The van der Waals surface area contributed by atoms with Gasteiger partial charge in [0.05, 0.1) is 10.1 Å². The number of primary sulfonamides is 1. The molecule has 0 spiro atoms. The number of benzene rings is 2. The van der Waals surface area contributed by atoms with Crippen molar-refractivity contribution in [1.29, 1.82) is 0 Å². The van der Waals surface area contributed by atoms with Crippen molar-refractivity contribution in [3.05, 3.63) is 54.6 Å². The maximum atomic E-state index is 12.4. The van der Waals surface area contributed by atoms with E-state index in [1.54, 1.807) is 13.0 Å². The van der Waals surface area contributed by atoms with Gasteiger partial charge in [0.25, 0.3) is 0 Å². The average Bonchev–Trinajstić information content (AvgIpc) is 3.10. The fraction of sp³-hybridized carbons (Fsp3) is 0.118. The lowest BCUT2D eigenvalue weighted by molar-refractivity contribution is -0.115. The van der Waals surface area contributed by atoms with Crippen molar-refractivity contribution in [3.8, 4) is 11.4 Å². The summed E-state index contributed by atoms with van der Waals surface area (Å²) >= 11 is 1.19. The van der Waals surface area contributed by atoms with Gasteiger partial charge >= 0.3 is 0 Å². The maximum absolute atomic E-state index is 12.4. The molecule has 0 unspecified atom stereocenters. The molecule has 3 aromatic rings. The Morgan fingerprint density at radius 3 is 2.63 bits per heavy atom. The molecule has 0 bridgehead atoms. The monoisotopic (exact) mass is 403 g/mol. The molecular formula is C17H17N5O3S2. The number of hydrogen-bond acceptors (Lipinski definition) is 6. The van der Waals surface area contributed by atoms with Crippen molar-refractivity contribution < 1.29 is 13.2 Å². The Kier molecular flexibility index (Phi) is 5.59. The lowest BCUT2D eigenvalue weighted by Crippen LogP contribution is -2.22. The summed E-state index contributed by atoms with van der Waals surface area (Å²) in [4.78, 5) is 16.7. The molecule has 8 nitrogen and oxygen atoms in total. The number of carbonyl (C=O) groups is 1. The highest BCUT2D eigenvalue weighted by atomic mass is 32.2. The second-order valence-corrected chi connectivity index (χ2v) is 8.52. The Balaban J connectivity index is 1.66. The molecule has 1 heterocycles. The van der Waals surface area contributed by atoms with Crippen LogP contribution in [0.1, 0.15) is 6.92 Å². The van der Waals surface area contributed by atoms with E-state index in [0.717, 1.165) is 5.56 Å². The van der Waals surface area contributed by atoms with E-state index in [9.17, 15) is 13.2 Å². The number of hydrogen-bond donors (Lipinski definition) is 3. The van der Waals surface area contributed by atoms with Crippen LogP contribution in [0.15, 0.2) is 64.6 Å². The first-order valence-electron chi connectivity index (χ1n) is 7.91. The third kappa shape index (κ3) is 4.94. The van der Waals surface area contributed by atoms with Gasteiger partial charge in [0, 0.05) is 11.3 Å². The van der Waals surface area contributed by atoms with E-state index in [0.29, 0.717) is 16.7 Å². The summed E-state index contributed by atoms with van der Waals surface area (Å²) in [6.45, 7) is 1.71. The minimum absolute atomic E-state index is 0.0675. The first kappa shape index (κ1) is 19.1. The molecule has 0 saturated heterocycles. The number of nitrogens with zero attached hydrogens (tertiary/aromatic N) is 2. The highest BCUT2D eigenvalue weighted by Gasteiger charge is 2.18. The van der Waals surface area contributed by atoms with Crippen molar-refractivity contribution in [1.82, 2.24) is 15.2 Å². The normalized spacial score (nSPS) is 12.5. The summed E-state index contributed by atoms with van der Waals surface area (Å²) in [5.74, 6) is 0.309. The van der Waals surface area contributed by atoms with E-state index < -0.39 is 15.3 Å². The van der Waals surface area contributed by atoms with E-state index in [-0.39, 0.29) is 10.8 Å². The Hall–Kier alpha value is -2.69. The minimum atomic E-state index is -3.83. The molecule has 1 atom stereocenters. The van der Waals surface area contributed by atoms with Gasteiger partial charge in [-0.1, -0.05) is 48.2 Å². The molecule has 2 aromatic carbocycles. The second kappa shape index (κ2) is 7.91. The van der Waals surface area contributed by atoms with Gasteiger partial charge in [-0.25, -0.2) is 18.5 Å². The topological polar surface area (TPSA) is 131 Å². The lowest BCUT2D eigenvalue weighted by Gasteiger charge is -2.10. The molecule has 0 fully saturated rings. The quantitative estimate of drug-likeness (QED) is 0.541. The maximum Gasteiger partial charge on any atom is 0.238 e. The van der Waals surface area contributed by atoms with E-state index in [4.69, 9.17) is 5.14 Å². The number of aromatic nitrogens is 3. The van der Waals surface area contributed by atoms with Crippen LogP contribution in [0.5, 0.6) is 0 Å². The molecule has 0 aliphatic heterocycles. The summed E-state index contributed by atoms with van der Waals surface area (Å²) < 4.78 is 22.8. The van der Waals surface area contributed by atoms with Crippen LogP contribution >= 0.6 is 11.8 Å². The van der Waals surface area contributed by atoms with E-state index in [1.165, 1.54) is 30.0 Å². The first-order valence-corrected chi connectivity index (χ1v) is 10.3. The fourth-order valence-corrected chi connectivity index (χ4v) is 3.51. The minimum Gasteiger partial charge on any atom is -0.325 e. The number of anilines is 1. The molecule has 1 amide bonds. The van der Waals surface area contributed by atoms with Crippen molar-refractivity contribution in [2.24, 2.45) is 5.14 Å². The van der Waals surface area contributed by atoms with Gasteiger partial charge in [-0.3, -0.25) is 9.89 Å². The Labute approximate surface area is 160 Å². The van der Waals surface area contributed by atoms with Crippen LogP contribution in [0.3, 0.4) is 0 Å². The second-order valence-electron chi connectivity index (χ2n) is 5.65. The van der Waals surface area contributed by atoms with Crippen LogP contribution in [0.2, 0.25) is 0 Å². The Morgan fingerprint density at radius 1 is 1.19 bits per heavy atom. The molecule has 0 aliphatic carbocycles. The standard InChI is InChI=1S/C17H17N5O3S2/c1-11(16(23)19-13-8-5-9-14(10-13)27(18,24)25)26-17-20-15(21-22-17)12-6-3-2-4-7-12/h2-11H,1H3,(H,19,23)(H2,18,24,25)(H,20,21,22)/t11-/m0/s1. The predicted octanol–water partition coefficient (Wildman–Crippen LogP) is 2.24. The molecule has 0 radical (unpaired) electrons. The number of thioether (sulfide) groups is 1. The number of sulfonamides is 1. The Morgan fingerprint density at radius 2 is 1.93 bits per heavy atom. The van der Waals surface area contributed by atoms with Crippen molar-refractivity contribution >= 4 is 33.4 Å². The van der Waals surface area contributed by atoms with Gasteiger partial charge in [0.15, 0.2) is 5.82 Å². The van der Waals surface area contributed by atoms with Crippen LogP contribution in [0.4, 0.5) is 5.69 Å². The zero-order valence-electron chi connectivity index (χ0n) is 14.3. The summed E-state index contributed by atoms with van der Waals surface area (Å²) in [7, 11) is -3.83. The van der Waals surface area contributed by atoms with Gasteiger partial charge in [-0.05, 0) is 25.1 Å². The number of amides is 1. The van der Waals surface area contributed by atoms with E-state index in [2.05, 4.69) is 20.5 Å². The van der Waals surface area contributed by atoms with Gasteiger partial charge in [-0.2, -0.15) is 0 Å². The SMILES string of the molecule is C[C@H](Sc1n[nH]c(-c2ccccc2)n1)C(=O)Nc1cccc(S(N)(=O)=O)c1. The first-order chi connectivity index (χ1) is 12.8. The molecule has 10 heteroatoms. The van der Waals surface area contributed by atoms with Gasteiger partial charge in [0.2, 0.25) is 21.1 Å². The third-order valence-corrected chi connectivity index (χ3v) is 5.47. The van der Waals surface area contributed by atoms with Gasteiger partial charge < -0.3 is 5.32 Å². The summed E-state index contributed by atoms with van der Waals surface area (Å²) in [6.07, 6.45) is 0. The Bertz CT molecular complexity index is 1050. The average molecular weight is 403 g/mol. The van der Waals surface area contributed by atoms with E-state index >= 15 is 0 Å². The predicted molar refractivity (Wildman–Crippen MR) is 104 cm³/mol. The highest BCUT2D eigenvalue weighted by Crippen LogP contribution is 2.24. The number of nitrogens with one attached hydrogen (secondary N) is 2. The van der Waals surface area contributed by atoms with Crippen molar-refractivity contribution in [2.75, 3.05) is 5.32 Å². The van der Waals surface area contributed by atoms with Crippen molar-refractivity contribution in [2.45, 2.75) is 22.2 Å². The van der Waals surface area contributed by atoms with Crippen LogP contribution in [-0.4, -0.2) is 34.8 Å². The number of H-pyrrole nitrogens is 1. The number of nitrogens with two attached hydrogens (primary N) is 1. The van der Waals surface area contributed by atoms with Crippen LogP contribution in [0, 0.1) is 0 Å². The van der Waals surface area contributed by atoms with Crippen LogP contribution in [0.25, 0.3) is 11.4 Å². The highest BCUT2D eigenvalue weighted by molar-refractivity contribution is 8.00. The molecule has 27 heavy (non-hydrogen) atoms. The smallest absolute Gasteiger partial charge is 0.238 e. The van der Waals surface area contributed by atoms with Crippen LogP contribution < -0.4 is 10.5 Å². The largest absolute Gasteiger partial charge is 0.325 e.